The van der Waals surface area contributed by atoms with Crippen LogP contribution in [0.2, 0.25) is 0 Å². The monoisotopic (exact) mass is 993 g/mol. The maximum absolute atomic E-state index is 13.4. The van der Waals surface area contributed by atoms with Crippen molar-refractivity contribution in [3.05, 3.63) is 0 Å². The molecule has 12 N–H and O–H groups in total. The molecule has 19 nitrogen and oxygen atoms in total. The molecule has 0 fully saturated rings. The van der Waals surface area contributed by atoms with Crippen molar-refractivity contribution >= 4 is 53.2 Å². The Labute approximate surface area is 420 Å². The van der Waals surface area contributed by atoms with Gasteiger partial charge in [-0.2, -0.15) is 0 Å². The van der Waals surface area contributed by atoms with Crippen LogP contribution in [-0.2, 0) is 43.2 Å². The van der Waals surface area contributed by atoms with E-state index in [2.05, 4.69) is 42.5 Å². The molecule has 0 saturated carbocycles. The van der Waals surface area contributed by atoms with Gasteiger partial charge in [-0.3, -0.25) is 43.2 Å². The van der Waals surface area contributed by atoms with Gasteiger partial charge in [-0.05, 0) is 75.5 Å². The summed E-state index contributed by atoms with van der Waals surface area (Å²) in [5.41, 5.74) is 11.4. The van der Waals surface area contributed by atoms with Crippen LogP contribution in [-0.4, -0.2) is 108 Å². The predicted octanol–water partition coefficient (Wildman–Crippen LogP) is 3.35. The van der Waals surface area contributed by atoms with Gasteiger partial charge in [-0.15, -0.1) is 0 Å². The molecule has 404 valence electrons. The van der Waals surface area contributed by atoms with E-state index in [1.54, 1.807) is 20.8 Å². The third-order valence-corrected chi connectivity index (χ3v) is 11.8. The minimum Gasteiger partial charge on any atom is -0.370 e. The van der Waals surface area contributed by atoms with Crippen molar-refractivity contribution in [2.24, 2.45) is 47.0 Å². The van der Waals surface area contributed by atoms with Crippen LogP contribution in [0.15, 0.2) is 0 Å². The van der Waals surface area contributed by atoms with Crippen LogP contribution >= 0.6 is 0 Å². The van der Waals surface area contributed by atoms with Crippen LogP contribution in [0.5, 0.6) is 0 Å². The highest BCUT2D eigenvalue weighted by atomic mass is 16.2. The summed E-state index contributed by atoms with van der Waals surface area (Å²) in [6.07, 6.45) is 1.70. The van der Waals surface area contributed by atoms with E-state index in [0.717, 1.165) is 0 Å². The number of nitrogens with one attached hydrogen (secondary N) is 8. The zero-order valence-corrected chi connectivity index (χ0v) is 45.5. The number of primary amides is 1. The average Bonchev–Trinajstić information content (AvgIpc) is 3.15. The second-order valence-electron chi connectivity index (χ2n) is 22.1. The molecule has 0 spiro atoms. The van der Waals surface area contributed by atoms with E-state index in [0.29, 0.717) is 19.3 Å². The molecule has 0 heterocycles. The third-order valence-electron chi connectivity index (χ3n) is 11.8. The topological polar surface area (TPSA) is 302 Å². The fourth-order valence-electron chi connectivity index (χ4n) is 8.11. The van der Waals surface area contributed by atoms with Crippen LogP contribution < -0.4 is 54.0 Å². The molecule has 0 bridgehead atoms. The molecule has 70 heavy (non-hydrogen) atoms. The fraction of sp³-hybridized carbons (Fsp3) is 0.824. The summed E-state index contributed by atoms with van der Waals surface area (Å²) in [5.74, 6) is -2.58. The lowest BCUT2D eigenvalue weighted by molar-refractivity contribution is -0.127. The summed E-state index contributed by atoms with van der Waals surface area (Å²) in [5, 5.41) is 23.2. The molecule has 0 aliphatic rings. The second kappa shape index (κ2) is 33.7. The highest BCUT2D eigenvalue weighted by Gasteiger charge is 2.28. The Morgan fingerprint density at radius 3 is 0.829 bits per heavy atom. The third kappa shape index (κ3) is 32.1. The summed E-state index contributed by atoms with van der Waals surface area (Å²) >= 11 is 0. The van der Waals surface area contributed by atoms with Crippen LogP contribution in [0.1, 0.15) is 181 Å². The lowest BCUT2D eigenvalue weighted by Gasteiger charge is -2.26. The van der Waals surface area contributed by atoms with Gasteiger partial charge >= 0.3 is 0 Å². The van der Waals surface area contributed by atoms with Gasteiger partial charge in [0, 0.05) is 112 Å². The second-order valence-corrected chi connectivity index (χ2v) is 22.1. The van der Waals surface area contributed by atoms with Crippen LogP contribution in [0, 0.1) is 35.5 Å². The number of hydrogen-bond donors (Lipinski definition) is 10. The largest absolute Gasteiger partial charge is 0.370 e. The first-order valence-electron chi connectivity index (χ1n) is 25.7. The van der Waals surface area contributed by atoms with Crippen LogP contribution in [0.3, 0.4) is 0 Å². The molecule has 0 rings (SSSR count). The highest BCUT2D eigenvalue weighted by Crippen LogP contribution is 2.15. The van der Waals surface area contributed by atoms with E-state index in [1.165, 1.54) is 0 Å². The van der Waals surface area contributed by atoms with Gasteiger partial charge in [0.1, 0.15) is 0 Å². The lowest BCUT2D eigenvalue weighted by atomic mass is 9.97. The van der Waals surface area contributed by atoms with Gasteiger partial charge < -0.3 is 54.0 Å². The Hall–Kier alpha value is -4.81. The van der Waals surface area contributed by atoms with Gasteiger partial charge in [0.25, 0.3) is 0 Å². The molecular formula is C51H96N10O9. The SMILES string of the molecule is CC(C)C[C@@H](CC(N)=O)NC(=O)C[C@H](C)NC(=O)C[C@@H](NC(=O)C[C@H](CC(C)C)NC(=O)C[C@H](C)NC(=O)C[C@@H](NC(=O)C[C@H](CC(C)C)NC(=O)C[C@H](C)NC(=O)C[C@@H](N)C(C)C)C(C)C)C(C)C. The first-order chi connectivity index (χ1) is 32.3. The molecule has 0 radical (unpaired) electrons. The Balaban J connectivity index is 5.33. The number of nitrogens with two attached hydrogens (primary N) is 2. The Morgan fingerprint density at radius 1 is 0.314 bits per heavy atom. The molecule has 0 aromatic rings. The van der Waals surface area contributed by atoms with Crippen molar-refractivity contribution in [2.45, 2.75) is 235 Å². The van der Waals surface area contributed by atoms with E-state index in [-0.39, 0.29) is 147 Å². The molecule has 19 heteroatoms. The first kappa shape index (κ1) is 65.2. The summed E-state index contributed by atoms with van der Waals surface area (Å²) in [4.78, 5) is 116. The zero-order chi connectivity index (χ0) is 54.0. The average molecular weight is 993 g/mol. The van der Waals surface area contributed by atoms with E-state index in [9.17, 15) is 43.2 Å². The smallest absolute Gasteiger partial charge is 0.222 e. The Bertz CT molecular complexity index is 1670. The predicted molar refractivity (Wildman–Crippen MR) is 274 cm³/mol. The van der Waals surface area contributed by atoms with Crippen molar-refractivity contribution in [3.63, 3.8) is 0 Å². The molecule has 0 aromatic heterocycles. The minimum atomic E-state index is -0.566. The van der Waals surface area contributed by atoms with Gasteiger partial charge in [0.2, 0.25) is 53.2 Å². The van der Waals surface area contributed by atoms with E-state index in [4.69, 9.17) is 11.5 Å². The minimum absolute atomic E-state index is 0.000726. The normalized spacial score (nSPS) is 15.5. The van der Waals surface area contributed by atoms with Crippen molar-refractivity contribution < 1.29 is 43.2 Å². The Kier molecular flexibility index (Phi) is 31.4. The van der Waals surface area contributed by atoms with Gasteiger partial charge in [-0.1, -0.05) is 83.1 Å². The quantitative estimate of drug-likeness (QED) is 0.0442. The highest BCUT2D eigenvalue weighted by molar-refractivity contribution is 5.85. The summed E-state index contributed by atoms with van der Waals surface area (Å²) in [6.45, 7) is 28.5. The molecule has 0 aliphatic carbocycles. The van der Waals surface area contributed by atoms with Crippen molar-refractivity contribution in [1.82, 2.24) is 42.5 Å². The standard InChI is InChI=1S/C51H96N10O9/c1-28(2)16-37(22-43(53)62)57-44(63)20-35(14)55-50(69)26-41(32(9)10)60-48(67)24-39(18-30(5)6)59-46(65)21-36(15)56-51(70)27-42(33(11)12)61-47(66)23-38(17-29(3)4)58-45(64)19-34(13)54-49(68)25-40(52)31(7)8/h28-42H,16-27,52H2,1-15H3,(H2,53,62)(H,54,68)(H,55,69)(H,56,70)(H,57,63)(H,58,64)(H,59,65)(H,60,67)(H,61,66)/t34-,35-,36-,37-,38-,39-,40+,41+,42+/m0/s1. The van der Waals surface area contributed by atoms with E-state index in [1.807, 2.05) is 83.1 Å². The van der Waals surface area contributed by atoms with Gasteiger partial charge in [0.05, 0.1) is 0 Å². The molecule has 9 atom stereocenters. The molecular weight excluding hydrogens is 897 g/mol. The van der Waals surface area contributed by atoms with Gasteiger partial charge in [-0.25, -0.2) is 0 Å². The van der Waals surface area contributed by atoms with E-state index >= 15 is 0 Å². The van der Waals surface area contributed by atoms with Crippen LogP contribution in [0.25, 0.3) is 0 Å². The fourth-order valence-corrected chi connectivity index (χ4v) is 8.11. The molecule has 0 unspecified atom stereocenters. The van der Waals surface area contributed by atoms with E-state index < -0.39 is 54.2 Å². The number of carbonyl (C=O) groups is 9. The number of hydrogen-bond acceptors (Lipinski definition) is 10. The number of carbonyl (C=O) groups excluding carboxylic acids is 9. The number of amides is 9. The first-order valence-corrected chi connectivity index (χ1v) is 25.7. The van der Waals surface area contributed by atoms with Gasteiger partial charge in [0.15, 0.2) is 0 Å². The molecule has 9 amide bonds. The summed E-state index contributed by atoms with van der Waals surface area (Å²) in [7, 11) is 0. The van der Waals surface area contributed by atoms with Crippen molar-refractivity contribution in [3.8, 4) is 0 Å². The molecule has 0 saturated heterocycles. The summed E-state index contributed by atoms with van der Waals surface area (Å²) in [6, 6.07) is -4.21. The van der Waals surface area contributed by atoms with Crippen molar-refractivity contribution in [1.29, 1.82) is 0 Å². The van der Waals surface area contributed by atoms with Crippen molar-refractivity contribution in [2.75, 3.05) is 0 Å². The molecule has 0 aromatic carbocycles. The Morgan fingerprint density at radius 2 is 0.571 bits per heavy atom. The molecule has 0 aliphatic heterocycles. The maximum atomic E-state index is 13.4. The zero-order valence-electron chi connectivity index (χ0n) is 45.5. The van der Waals surface area contributed by atoms with Crippen LogP contribution in [0.4, 0.5) is 0 Å². The lowest BCUT2D eigenvalue weighted by Crippen LogP contribution is -2.48. The maximum Gasteiger partial charge on any atom is 0.222 e. The number of rotatable bonds is 35. The summed E-state index contributed by atoms with van der Waals surface area (Å²) < 4.78 is 0.